The number of methoxy groups -OCH3 is 1. The van der Waals surface area contributed by atoms with Crippen molar-refractivity contribution in [2.24, 2.45) is 0 Å². The summed E-state index contributed by atoms with van der Waals surface area (Å²) in [6.45, 7) is 0. The summed E-state index contributed by atoms with van der Waals surface area (Å²) in [4.78, 5) is 4.69. The minimum Gasteiger partial charge on any atom is -0.497 e. The first kappa shape index (κ1) is 21.0. The van der Waals surface area contributed by atoms with Crippen molar-refractivity contribution in [2.75, 3.05) is 12.4 Å². The van der Waals surface area contributed by atoms with Crippen molar-refractivity contribution in [3.05, 3.63) is 96.1 Å². The Bertz CT molecular complexity index is 1260. The van der Waals surface area contributed by atoms with Crippen LogP contribution in [0.1, 0.15) is 11.1 Å². The molecule has 164 valence electrons. The van der Waals surface area contributed by atoms with Crippen LogP contribution < -0.4 is 14.8 Å². The third-order valence-corrected chi connectivity index (χ3v) is 6.05. The van der Waals surface area contributed by atoms with Crippen LogP contribution in [0.5, 0.6) is 11.6 Å². The summed E-state index contributed by atoms with van der Waals surface area (Å²) in [5.74, 6) is 2.04. The SMILES string of the molecule is COc1ccc(/C=C/[C@H]2Nc3ccccc3-c3nnc(SCc4ccccc4)nc3O2)cc1. The molecule has 4 aromatic rings. The zero-order chi connectivity index (χ0) is 22.5. The number of hydrogen-bond donors (Lipinski definition) is 1. The van der Waals surface area contributed by atoms with Gasteiger partial charge in [-0.2, -0.15) is 4.98 Å². The van der Waals surface area contributed by atoms with Gasteiger partial charge in [-0.1, -0.05) is 78.5 Å². The van der Waals surface area contributed by atoms with E-state index >= 15 is 0 Å². The molecule has 1 N–H and O–H groups in total. The molecule has 0 spiro atoms. The zero-order valence-electron chi connectivity index (χ0n) is 18.0. The first-order valence-corrected chi connectivity index (χ1v) is 11.5. The molecule has 2 heterocycles. The first-order chi connectivity index (χ1) is 16.3. The van der Waals surface area contributed by atoms with E-state index in [-0.39, 0.29) is 0 Å². The van der Waals surface area contributed by atoms with Crippen LogP contribution in [0.25, 0.3) is 17.3 Å². The van der Waals surface area contributed by atoms with Gasteiger partial charge >= 0.3 is 0 Å². The van der Waals surface area contributed by atoms with Crippen LogP contribution in [-0.4, -0.2) is 28.5 Å². The third kappa shape index (κ3) is 4.99. The Kier molecular flexibility index (Phi) is 6.21. The van der Waals surface area contributed by atoms with Gasteiger partial charge in [-0.3, -0.25) is 0 Å². The van der Waals surface area contributed by atoms with Crippen LogP contribution in [0.4, 0.5) is 5.69 Å². The molecule has 1 aliphatic heterocycles. The van der Waals surface area contributed by atoms with Crippen LogP contribution >= 0.6 is 11.8 Å². The molecule has 1 aliphatic rings. The number of fused-ring (bicyclic) bond motifs is 3. The van der Waals surface area contributed by atoms with E-state index in [1.165, 1.54) is 17.3 Å². The number of benzene rings is 3. The lowest BCUT2D eigenvalue weighted by Gasteiger charge is -2.15. The number of nitrogens with zero attached hydrogens (tertiary/aromatic N) is 3. The molecular weight excluding hydrogens is 432 g/mol. The third-order valence-electron chi connectivity index (χ3n) is 5.14. The minimum atomic E-state index is -0.418. The largest absolute Gasteiger partial charge is 0.497 e. The molecule has 0 saturated heterocycles. The molecule has 0 aliphatic carbocycles. The van der Waals surface area contributed by atoms with Gasteiger partial charge < -0.3 is 14.8 Å². The molecule has 1 atom stereocenters. The molecule has 5 rings (SSSR count). The number of ether oxygens (including phenoxy) is 2. The molecule has 0 unspecified atom stereocenters. The van der Waals surface area contributed by atoms with Crippen molar-refractivity contribution in [3.63, 3.8) is 0 Å². The Labute approximate surface area is 196 Å². The summed E-state index contributed by atoms with van der Waals surface area (Å²) in [5.41, 5.74) is 4.70. The highest BCUT2D eigenvalue weighted by Crippen LogP contribution is 2.36. The molecule has 1 aromatic heterocycles. The molecule has 0 amide bonds. The number of hydrogen-bond acceptors (Lipinski definition) is 7. The highest BCUT2D eigenvalue weighted by atomic mass is 32.2. The number of para-hydroxylation sites is 1. The van der Waals surface area contributed by atoms with E-state index in [4.69, 9.17) is 14.5 Å². The maximum atomic E-state index is 6.25. The summed E-state index contributed by atoms with van der Waals surface area (Å²) in [6.07, 6.45) is 3.55. The molecule has 0 bridgehead atoms. The summed E-state index contributed by atoms with van der Waals surface area (Å²) in [6, 6.07) is 26.0. The normalized spacial score (nSPS) is 14.5. The topological polar surface area (TPSA) is 69.2 Å². The number of anilines is 1. The second kappa shape index (κ2) is 9.75. The Morgan fingerprint density at radius 3 is 2.58 bits per heavy atom. The fourth-order valence-corrected chi connectivity index (χ4v) is 4.19. The van der Waals surface area contributed by atoms with Gasteiger partial charge in [0.25, 0.3) is 0 Å². The highest BCUT2D eigenvalue weighted by molar-refractivity contribution is 7.98. The van der Waals surface area contributed by atoms with Gasteiger partial charge in [0, 0.05) is 17.0 Å². The fraction of sp³-hybridized carbons (Fsp3) is 0.115. The smallest absolute Gasteiger partial charge is 0.247 e. The molecule has 33 heavy (non-hydrogen) atoms. The van der Waals surface area contributed by atoms with Gasteiger partial charge in [-0.25, -0.2) is 0 Å². The number of aromatic nitrogens is 3. The van der Waals surface area contributed by atoms with Gasteiger partial charge in [-0.15, -0.1) is 10.2 Å². The van der Waals surface area contributed by atoms with E-state index in [0.717, 1.165) is 28.3 Å². The lowest BCUT2D eigenvalue weighted by atomic mass is 10.1. The maximum absolute atomic E-state index is 6.25. The predicted octanol–water partition coefficient (Wildman–Crippen LogP) is 5.68. The zero-order valence-corrected chi connectivity index (χ0v) is 18.8. The number of rotatable bonds is 6. The molecule has 3 aromatic carbocycles. The van der Waals surface area contributed by atoms with E-state index in [9.17, 15) is 0 Å². The Morgan fingerprint density at radius 2 is 1.76 bits per heavy atom. The Balaban J connectivity index is 1.41. The van der Waals surface area contributed by atoms with Crippen LogP contribution in [0.3, 0.4) is 0 Å². The van der Waals surface area contributed by atoms with Crippen molar-refractivity contribution >= 4 is 23.5 Å². The van der Waals surface area contributed by atoms with Crippen molar-refractivity contribution < 1.29 is 9.47 Å². The fourth-order valence-electron chi connectivity index (χ4n) is 3.45. The van der Waals surface area contributed by atoms with Crippen LogP contribution in [0.15, 0.2) is 90.1 Å². The molecule has 7 heteroatoms. The quantitative estimate of drug-likeness (QED) is 0.376. The lowest BCUT2D eigenvalue weighted by molar-refractivity contribution is 0.266. The van der Waals surface area contributed by atoms with Gasteiger partial charge in [0.05, 0.1) is 7.11 Å². The van der Waals surface area contributed by atoms with E-state index in [1.807, 2.05) is 78.9 Å². The molecule has 0 radical (unpaired) electrons. The van der Waals surface area contributed by atoms with Crippen molar-refractivity contribution in [1.82, 2.24) is 15.2 Å². The van der Waals surface area contributed by atoms with Crippen molar-refractivity contribution in [3.8, 4) is 22.9 Å². The Hall–Kier alpha value is -3.84. The van der Waals surface area contributed by atoms with Crippen LogP contribution in [0.2, 0.25) is 0 Å². The monoisotopic (exact) mass is 454 g/mol. The lowest BCUT2D eigenvalue weighted by Crippen LogP contribution is -2.23. The average Bonchev–Trinajstić information content (AvgIpc) is 3.03. The first-order valence-electron chi connectivity index (χ1n) is 10.5. The standard InChI is InChI=1S/C26H22N4O2S/c1-31-20-14-11-18(12-15-20)13-16-23-27-22-10-6-5-9-21(22)24-25(32-23)28-26(30-29-24)33-17-19-7-3-2-4-8-19/h2-16,23,27H,17H2,1H3/b16-13+/t23-/m0/s1. The summed E-state index contributed by atoms with van der Waals surface area (Å²) in [5, 5.41) is 12.8. The number of thioether (sulfide) groups is 1. The van der Waals surface area contributed by atoms with E-state index in [2.05, 4.69) is 27.6 Å². The molecule has 0 fully saturated rings. The van der Waals surface area contributed by atoms with E-state index in [1.54, 1.807) is 7.11 Å². The Morgan fingerprint density at radius 1 is 0.970 bits per heavy atom. The molecule has 6 nitrogen and oxygen atoms in total. The van der Waals surface area contributed by atoms with Gasteiger partial charge in [0.15, 0.2) is 11.9 Å². The molecule has 0 saturated carbocycles. The van der Waals surface area contributed by atoms with E-state index < -0.39 is 6.23 Å². The van der Waals surface area contributed by atoms with Gasteiger partial charge in [0.1, 0.15) is 5.75 Å². The summed E-state index contributed by atoms with van der Waals surface area (Å²) in [7, 11) is 1.66. The van der Waals surface area contributed by atoms with E-state index in [0.29, 0.717) is 16.7 Å². The van der Waals surface area contributed by atoms with Crippen LogP contribution in [-0.2, 0) is 5.75 Å². The highest BCUT2D eigenvalue weighted by Gasteiger charge is 2.23. The maximum Gasteiger partial charge on any atom is 0.247 e. The van der Waals surface area contributed by atoms with Crippen molar-refractivity contribution in [2.45, 2.75) is 17.1 Å². The summed E-state index contributed by atoms with van der Waals surface area (Å²) >= 11 is 1.53. The average molecular weight is 455 g/mol. The van der Waals surface area contributed by atoms with Crippen LogP contribution in [0, 0.1) is 0 Å². The van der Waals surface area contributed by atoms with Crippen molar-refractivity contribution in [1.29, 1.82) is 0 Å². The second-order valence-electron chi connectivity index (χ2n) is 7.38. The second-order valence-corrected chi connectivity index (χ2v) is 8.33. The summed E-state index contributed by atoms with van der Waals surface area (Å²) < 4.78 is 11.5. The number of nitrogens with one attached hydrogen (secondary N) is 1. The van der Waals surface area contributed by atoms with Gasteiger partial charge in [-0.05, 0) is 35.4 Å². The molecular formula is C26H22N4O2S. The minimum absolute atomic E-state index is 0.418. The van der Waals surface area contributed by atoms with Gasteiger partial charge in [0.2, 0.25) is 11.0 Å². The predicted molar refractivity (Wildman–Crippen MR) is 131 cm³/mol.